The second-order valence-corrected chi connectivity index (χ2v) is 7.06. The van der Waals surface area contributed by atoms with Crippen LogP contribution in [0.4, 0.5) is 0 Å². The van der Waals surface area contributed by atoms with Gasteiger partial charge < -0.3 is 19.9 Å². The third kappa shape index (κ3) is 5.25. The van der Waals surface area contributed by atoms with Crippen molar-refractivity contribution >= 4 is 11.9 Å². The Morgan fingerprint density at radius 2 is 1.75 bits per heavy atom. The van der Waals surface area contributed by atoms with Gasteiger partial charge in [-0.15, -0.1) is 0 Å². The summed E-state index contributed by atoms with van der Waals surface area (Å²) < 4.78 is 10.7. The Balaban J connectivity index is 2.16. The molecule has 0 aromatic heterocycles. The molecule has 1 unspecified atom stereocenters. The lowest BCUT2D eigenvalue weighted by atomic mass is 9.78. The van der Waals surface area contributed by atoms with Gasteiger partial charge in [-0.25, -0.2) is 4.79 Å². The van der Waals surface area contributed by atoms with Gasteiger partial charge in [-0.1, -0.05) is 44.2 Å². The van der Waals surface area contributed by atoms with Gasteiger partial charge in [0.25, 0.3) is 5.91 Å². The number of amides is 1. The van der Waals surface area contributed by atoms with Crippen LogP contribution in [0.15, 0.2) is 48.5 Å². The molecule has 150 valence electrons. The molecule has 0 aliphatic rings. The fourth-order valence-electron chi connectivity index (χ4n) is 2.75. The van der Waals surface area contributed by atoms with E-state index in [0.29, 0.717) is 23.7 Å². The van der Waals surface area contributed by atoms with Crippen LogP contribution in [0, 0.1) is 0 Å². The molecule has 0 aliphatic heterocycles. The van der Waals surface area contributed by atoms with Gasteiger partial charge in [0.2, 0.25) is 0 Å². The minimum absolute atomic E-state index is 0.124. The third-order valence-electron chi connectivity index (χ3n) is 4.80. The predicted molar refractivity (Wildman–Crippen MR) is 107 cm³/mol. The topological polar surface area (TPSA) is 84.9 Å². The molecule has 6 nitrogen and oxygen atoms in total. The first-order valence-corrected chi connectivity index (χ1v) is 9.23. The Bertz CT molecular complexity index is 817. The van der Waals surface area contributed by atoms with E-state index >= 15 is 0 Å². The number of hydrogen-bond donors (Lipinski definition) is 2. The van der Waals surface area contributed by atoms with Crippen LogP contribution in [0.3, 0.4) is 0 Å². The van der Waals surface area contributed by atoms with E-state index in [-0.39, 0.29) is 17.4 Å². The van der Waals surface area contributed by atoms with Crippen molar-refractivity contribution in [1.29, 1.82) is 0 Å². The van der Waals surface area contributed by atoms with Crippen LogP contribution < -0.4 is 14.8 Å². The van der Waals surface area contributed by atoms with E-state index in [0.717, 1.165) is 5.56 Å². The number of carboxylic acid groups (broad SMARTS) is 1. The Kier molecular flexibility index (Phi) is 7.04. The molecule has 0 aliphatic carbocycles. The smallest absolute Gasteiger partial charge is 0.341 e. The maximum absolute atomic E-state index is 12.8. The summed E-state index contributed by atoms with van der Waals surface area (Å²) in [6.45, 7) is 7.83. The fraction of sp³-hybridized carbons (Fsp3) is 0.364. The summed E-state index contributed by atoms with van der Waals surface area (Å²) in [5.74, 6) is -0.687. The zero-order chi connectivity index (χ0) is 20.7. The molecule has 6 heteroatoms. The number of hydrogen-bond acceptors (Lipinski definition) is 4. The van der Waals surface area contributed by atoms with Crippen LogP contribution >= 0.6 is 0 Å². The van der Waals surface area contributed by atoms with Gasteiger partial charge in [0.1, 0.15) is 0 Å². The monoisotopic (exact) mass is 385 g/mol. The number of aliphatic carboxylic acids is 1. The number of nitrogens with one attached hydrogen (secondary N) is 1. The summed E-state index contributed by atoms with van der Waals surface area (Å²) >= 11 is 0. The molecule has 1 amide bonds. The molecular formula is C22H27NO5. The lowest BCUT2D eigenvalue weighted by molar-refractivity contribution is -0.139. The molecule has 2 aromatic rings. The van der Waals surface area contributed by atoms with Gasteiger partial charge in [0.05, 0.1) is 6.61 Å². The van der Waals surface area contributed by atoms with E-state index in [9.17, 15) is 9.59 Å². The Hall–Kier alpha value is -3.02. The number of carbonyl (C=O) groups is 2. The van der Waals surface area contributed by atoms with Crippen LogP contribution in [-0.2, 0) is 10.2 Å². The van der Waals surface area contributed by atoms with Crippen molar-refractivity contribution in [1.82, 2.24) is 5.32 Å². The first-order valence-electron chi connectivity index (χ1n) is 9.23. The predicted octanol–water partition coefficient (Wildman–Crippen LogP) is 3.64. The van der Waals surface area contributed by atoms with Crippen molar-refractivity contribution in [2.24, 2.45) is 0 Å². The Morgan fingerprint density at radius 1 is 1.07 bits per heavy atom. The molecule has 0 heterocycles. The highest BCUT2D eigenvalue weighted by molar-refractivity contribution is 5.95. The summed E-state index contributed by atoms with van der Waals surface area (Å²) in [6, 6.07) is 14.6. The van der Waals surface area contributed by atoms with Crippen molar-refractivity contribution in [2.75, 3.05) is 13.2 Å². The van der Waals surface area contributed by atoms with Gasteiger partial charge in [0.15, 0.2) is 18.1 Å². The van der Waals surface area contributed by atoms with Crippen LogP contribution in [0.25, 0.3) is 0 Å². The molecule has 28 heavy (non-hydrogen) atoms. The largest absolute Gasteiger partial charge is 0.490 e. The summed E-state index contributed by atoms with van der Waals surface area (Å²) in [7, 11) is 0. The average Bonchev–Trinajstić information content (AvgIpc) is 2.67. The second-order valence-electron chi connectivity index (χ2n) is 7.06. The zero-order valence-electron chi connectivity index (χ0n) is 16.7. The molecule has 2 rings (SSSR count). The van der Waals surface area contributed by atoms with E-state index in [1.54, 1.807) is 25.1 Å². The molecule has 0 saturated heterocycles. The zero-order valence-corrected chi connectivity index (χ0v) is 16.7. The lowest BCUT2D eigenvalue weighted by Crippen LogP contribution is -2.45. The summed E-state index contributed by atoms with van der Waals surface area (Å²) in [5.41, 5.74) is 1.29. The van der Waals surface area contributed by atoms with Crippen LogP contribution in [-0.4, -0.2) is 36.2 Å². The molecule has 0 bridgehead atoms. The van der Waals surface area contributed by atoms with Gasteiger partial charge in [-0.3, -0.25) is 4.79 Å². The molecule has 0 saturated carbocycles. The maximum Gasteiger partial charge on any atom is 0.341 e. The summed E-state index contributed by atoms with van der Waals surface area (Å²) in [6.07, 6.45) is 0. The van der Waals surface area contributed by atoms with Gasteiger partial charge in [-0.05, 0) is 37.6 Å². The normalized spacial score (nSPS) is 12.1. The van der Waals surface area contributed by atoms with E-state index in [1.165, 1.54) is 0 Å². The molecular weight excluding hydrogens is 358 g/mol. The van der Waals surface area contributed by atoms with Crippen LogP contribution in [0.1, 0.15) is 43.6 Å². The highest BCUT2D eigenvalue weighted by atomic mass is 16.5. The average molecular weight is 385 g/mol. The van der Waals surface area contributed by atoms with Crippen molar-refractivity contribution in [3.05, 3.63) is 59.7 Å². The minimum atomic E-state index is -1.08. The van der Waals surface area contributed by atoms with Gasteiger partial charge >= 0.3 is 5.97 Å². The quantitative estimate of drug-likeness (QED) is 0.688. The highest BCUT2D eigenvalue weighted by Crippen LogP contribution is 2.30. The molecule has 0 spiro atoms. The first-order chi connectivity index (χ1) is 13.3. The van der Waals surface area contributed by atoms with E-state index in [1.807, 2.05) is 37.3 Å². The number of carbonyl (C=O) groups excluding carboxylic acids is 1. The van der Waals surface area contributed by atoms with Crippen molar-refractivity contribution in [3.8, 4) is 11.5 Å². The van der Waals surface area contributed by atoms with E-state index in [4.69, 9.17) is 14.6 Å². The molecule has 1 atom stereocenters. The Labute approximate surface area is 165 Å². The fourth-order valence-corrected chi connectivity index (χ4v) is 2.75. The summed E-state index contributed by atoms with van der Waals surface area (Å²) in [4.78, 5) is 23.5. The molecule has 2 aromatic carbocycles. The number of ether oxygens (including phenoxy) is 2. The second kappa shape index (κ2) is 9.26. The van der Waals surface area contributed by atoms with Crippen LogP contribution in [0.2, 0.25) is 0 Å². The third-order valence-corrected chi connectivity index (χ3v) is 4.80. The van der Waals surface area contributed by atoms with Gasteiger partial charge in [0, 0.05) is 17.0 Å². The number of carboxylic acids is 1. The van der Waals surface area contributed by atoms with Crippen LogP contribution in [0.5, 0.6) is 11.5 Å². The Morgan fingerprint density at radius 3 is 2.36 bits per heavy atom. The lowest BCUT2D eigenvalue weighted by Gasteiger charge is -2.33. The number of rotatable bonds is 9. The first kappa shape index (κ1) is 21.3. The highest BCUT2D eigenvalue weighted by Gasteiger charge is 2.29. The van der Waals surface area contributed by atoms with Crippen molar-refractivity contribution in [2.45, 2.75) is 39.2 Å². The van der Waals surface area contributed by atoms with E-state index < -0.39 is 12.6 Å². The van der Waals surface area contributed by atoms with Crippen molar-refractivity contribution < 1.29 is 24.2 Å². The summed E-state index contributed by atoms with van der Waals surface area (Å²) in [5, 5.41) is 11.8. The SMILES string of the molecule is CCOc1cc(C(=O)NC(C)C(C)(C)c2ccccc2)ccc1OCC(=O)O. The number of benzene rings is 2. The maximum atomic E-state index is 12.8. The molecule has 2 N–H and O–H groups in total. The van der Waals surface area contributed by atoms with Crippen molar-refractivity contribution in [3.63, 3.8) is 0 Å². The molecule has 0 fully saturated rings. The minimum Gasteiger partial charge on any atom is -0.490 e. The van der Waals surface area contributed by atoms with Gasteiger partial charge in [-0.2, -0.15) is 0 Å². The van der Waals surface area contributed by atoms with E-state index in [2.05, 4.69) is 19.2 Å². The molecule has 0 radical (unpaired) electrons. The standard InChI is InChI=1S/C22H27NO5/c1-5-27-19-13-16(11-12-18(19)28-14-20(24)25)21(26)23-15(2)22(3,4)17-9-7-6-8-10-17/h6-13,15H,5,14H2,1-4H3,(H,23,26)(H,24,25).